The monoisotopic (exact) mass is 649 g/mol. The van der Waals surface area contributed by atoms with Crippen molar-refractivity contribution < 1.29 is 40.6 Å². The molecule has 238 valence electrons. The Kier molecular flexibility index (Phi) is 9.11. The molecule has 0 atom stereocenters. The number of carbonyl (C=O) groups is 1. The number of thioether (sulfide) groups is 1. The fourth-order valence-corrected chi connectivity index (χ4v) is 6.14. The molecule has 6 nitrogen and oxygen atoms in total. The summed E-state index contributed by atoms with van der Waals surface area (Å²) in [4.78, 5) is 21.8. The highest BCUT2D eigenvalue weighted by molar-refractivity contribution is 8.18. The maximum atomic E-state index is 13.5. The van der Waals surface area contributed by atoms with Gasteiger partial charge in [-0.25, -0.2) is 0 Å². The van der Waals surface area contributed by atoms with Gasteiger partial charge in [0.2, 0.25) is 0 Å². The normalized spacial score (nSPS) is 16.8. The van der Waals surface area contributed by atoms with Crippen LogP contribution in [0, 0.1) is 13.8 Å². The van der Waals surface area contributed by atoms with Crippen LogP contribution in [0.25, 0.3) is 6.08 Å². The second kappa shape index (κ2) is 12.7. The number of carbonyl (C=O) groups excluding carboxylic acids is 1. The first-order valence-electron chi connectivity index (χ1n) is 13.9. The molecule has 0 radical (unpaired) electrons. The molecule has 0 aliphatic carbocycles. The largest absolute Gasteiger partial charge is 0.493 e. The van der Waals surface area contributed by atoms with E-state index in [2.05, 4.69) is 46.8 Å². The molecule has 13 heteroatoms. The van der Waals surface area contributed by atoms with Gasteiger partial charge in [0, 0.05) is 37.4 Å². The van der Waals surface area contributed by atoms with E-state index in [4.69, 9.17) is 9.47 Å². The topological polar surface area (TPSA) is 54.4 Å². The van der Waals surface area contributed by atoms with Crippen LogP contribution in [0.4, 0.5) is 32.0 Å². The highest BCUT2D eigenvalue weighted by Gasteiger charge is 2.38. The highest BCUT2D eigenvalue weighted by Crippen LogP contribution is 2.39. The van der Waals surface area contributed by atoms with Gasteiger partial charge in [-0.15, -0.1) is 0 Å². The molecule has 1 fully saturated rings. The fraction of sp³-hybridized carbons (Fsp3) is 0.312. The maximum Gasteiger partial charge on any atom is 0.416 e. The molecule has 0 bridgehead atoms. The Balaban J connectivity index is 1.24. The molecule has 1 amide bonds. The van der Waals surface area contributed by atoms with Crippen LogP contribution >= 0.6 is 11.8 Å². The molecule has 2 aliphatic rings. The number of halogens is 6. The minimum Gasteiger partial charge on any atom is -0.493 e. The van der Waals surface area contributed by atoms with Crippen molar-refractivity contribution in [2.45, 2.75) is 32.8 Å². The van der Waals surface area contributed by atoms with Crippen molar-refractivity contribution in [3.8, 4) is 11.5 Å². The SMILES string of the molecule is COc1cc(C=C2SC(N3CCN(c4ccc(C)cc4C)CC3)=NC2=O)ccc1OCc1ccc(C(F)(F)F)cc1C(F)(F)F. The number of nitrogens with zero attached hydrogens (tertiary/aromatic N) is 3. The lowest BCUT2D eigenvalue weighted by molar-refractivity contribution is -0.143. The number of amides is 1. The molecule has 2 aliphatic heterocycles. The summed E-state index contributed by atoms with van der Waals surface area (Å²) in [6, 6.07) is 12.4. The number of hydrogen-bond donors (Lipinski definition) is 0. The second-order valence-electron chi connectivity index (χ2n) is 10.6. The summed E-state index contributed by atoms with van der Waals surface area (Å²) in [7, 11) is 1.34. The van der Waals surface area contributed by atoms with E-state index in [1.54, 1.807) is 18.2 Å². The van der Waals surface area contributed by atoms with Crippen LogP contribution < -0.4 is 14.4 Å². The lowest BCUT2D eigenvalue weighted by Gasteiger charge is -2.37. The minimum atomic E-state index is -5.01. The Labute approximate surface area is 260 Å². The van der Waals surface area contributed by atoms with E-state index in [1.165, 1.54) is 41.8 Å². The van der Waals surface area contributed by atoms with Gasteiger partial charge in [0.25, 0.3) is 5.91 Å². The van der Waals surface area contributed by atoms with Gasteiger partial charge >= 0.3 is 12.4 Å². The predicted octanol–water partition coefficient (Wildman–Crippen LogP) is 7.72. The third-order valence-electron chi connectivity index (χ3n) is 7.46. The van der Waals surface area contributed by atoms with Crippen LogP contribution in [0.3, 0.4) is 0 Å². The van der Waals surface area contributed by atoms with E-state index in [-0.39, 0.29) is 23.5 Å². The molecule has 1 saturated heterocycles. The second-order valence-corrected chi connectivity index (χ2v) is 11.6. The highest BCUT2D eigenvalue weighted by atomic mass is 32.2. The number of ether oxygens (including phenoxy) is 2. The molecular formula is C32H29F6N3O3S. The van der Waals surface area contributed by atoms with Crippen molar-refractivity contribution in [2.75, 3.05) is 38.2 Å². The Morgan fingerprint density at radius 3 is 2.22 bits per heavy atom. The Morgan fingerprint density at radius 1 is 0.867 bits per heavy atom. The zero-order valence-electron chi connectivity index (χ0n) is 24.6. The number of hydrogen-bond acceptors (Lipinski definition) is 6. The quantitative estimate of drug-likeness (QED) is 0.201. The molecule has 5 rings (SSSR count). The summed E-state index contributed by atoms with van der Waals surface area (Å²) in [5.41, 5.74) is 0.889. The Morgan fingerprint density at radius 2 is 1.58 bits per heavy atom. The molecule has 2 heterocycles. The van der Waals surface area contributed by atoms with E-state index in [9.17, 15) is 31.1 Å². The summed E-state index contributed by atoms with van der Waals surface area (Å²) in [5, 5.41) is 0.621. The average Bonchev–Trinajstić information content (AvgIpc) is 3.35. The summed E-state index contributed by atoms with van der Waals surface area (Å²) >= 11 is 1.26. The van der Waals surface area contributed by atoms with E-state index in [0.29, 0.717) is 34.8 Å². The van der Waals surface area contributed by atoms with Crippen molar-refractivity contribution in [3.05, 3.63) is 92.9 Å². The standard InChI is InChI=1S/C32H29F6N3O3S/c1-19-4-8-25(20(2)14-19)40-10-12-41(13-11-40)30-39-29(42)28(45-30)16-21-5-9-26(27(15-21)43-3)44-18-22-6-7-23(31(33,34)35)17-24(22)32(36,37)38/h4-9,14-17H,10-13,18H2,1-3H3. The fourth-order valence-electron chi connectivity index (χ4n) is 5.17. The first-order chi connectivity index (χ1) is 21.2. The van der Waals surface area contributed by atoms with E-state index >= 15 is 0 Å². The van der Waals surface area contributed by atoms with Gasteiger partial charge in [-0.05, 0) is 73.1 Å². The predicted molar refractivity (Wildman–Crippen MR) is 161 cm³/mol. The number of amidine groups is 1. The van der Waals surface area contributed by atoms with Crippen LogP contribution in [0.1, 0.15) is 33.4 Å². The van der Waals surface area contributed by atoms with Gasteiger partial charge in [0.1, 0.15) is 6.61 Å². The summed E-state index contributed by atoms with van der Waals surface area (Å²) in [5.74, 6) is -0.131. The van der Waals surface area contributed by atoms with Crippen molar-refractivity contribution >= 4 is 34.6 Å². The number of alkyl halides is 6. The van der Waals surface area contributed by atoms with Gasteiger partial charge in [-0.1, -0.05) is 29.8 Å². The minimum absolute atomic E-state index is 0.0721. The van der Waals surface area contributed by atoms with Crippen LogP contribution in [-0.4, -0.2) is 49.3 Å². The molecular weight excluding hydrogens is 620 g/mol. The van der Waals surface area contributed by atoms with Gasteiger partial charge < -0.3 is 19.3 Å². The number of anilines is 1. The van der Waals surface area contributed by atoms with Gasteiger partial charge in [-0.2, -0.15) is 31.3 Å². The van der Waals surface area contributed by atoms with Crippen LogP contribution in [-0.2, 0) is 23.8 Å². The molecule has 0 aromatic heterocycles. The van der Waals surface area contributed by atoms with Crippen molar-refractivity contribution in [1.82, 2.24) is 4.90 Å². The van der Waals surface area contributed by atoms with Crippen molar-refractivity contribution in [2.24, 2.45) is 4.99 Å². The van der Waals surface area contributed by atoms with Crippen LogP contribution in [0.5, 0.6) is 11.5 Å². The maximum absolute atomic E-state index is 13.5. The van der Waals surface area contributed by atoms with Crippen molar-refractivity contribution in [1.29, 1.82) is 0 Å². The van der Waals surface area contributed by atoms with E-state index in [1.807, 2.05) is 0 Å². The van der Waals surface area contributed by atoms with Gasteiger partial charge in [0.15, 0.2) is 16.7 Å². The lowest BCUT2D eigenvalue weighted by atomic mass is 10.0. The number of benzene rings is 3. The first kappa shape index (κ1) is 32.3. The number of methoxy groups -OCH3 is 1. The zero-order valence-corrected chi connectivity index (χ0v) is 25.4. The number of piperazine rings is 1. The molecule has 0 saturated carbocycles. The van der Waals surface area contributed by atoms with Crippen LogP contribution in [0.2, 0.25) is 0 Å². The number of aryl methyl sites for hydroxylation is 2. The zero-order chi connectivity index (χ0) is 32.5. The molecule has 45 heavy (non-hydrogen) atoms. The molecule has 0 unspecified atom stereocenters. The molecule has 3 aromatic rings. The number of rotatable bonds is 6. The van der Waals surface area contributed by atoms with Gasteiger partial charge in [-0.3, -0.25) is 4.79 Å². The molecule has 0 spiro atoms. The molecule has 3 aromatic carbocycles. The third-order valence-corrected chi connectivity index (χ3v) is 8.51. The average molecular weight is 650 g/mol. The van der Waals surface area contributed by atoms with E-state index in [0.717, 1.165) is 19.2 Å². The van der Waals surface area contributed by atoms with Gasteiger partial charge in [0.05, 0.1) is 23.1 Å². The summed E-state index contributed by atoms with van der Waals surface area (Å²) in [6.07, 6.45) is -8.30. The number of aliphatic imine (C=N–C) groups is 1. The Bertz CT molecular complexity index is 1660. The Hall–Kier alpha value is -4.13. The smallest absolute Gasteiger partial charge is 0.416 e. The lowest BCUT2D eigenvalue weighted by Crippen LogP contribution is -2.48. The van der Waals surface area contributed by atoms with E-state index < -0.39 is 35.6 Å². The summed E-state index contributed by atoms with van der Waals surface area (Å²) < 4.78 is 90.5. The third kappa shape index (κ3) is 7.41. The van der Waals surface area contributed by atoms with Crippen LogP contribution in [0.15, 0.2) is 64.5 Å². The molecule has 0 N–H and O–H groups in total. The first-order valence-corrected chi connectivity index (χ1v) is 14.7. The summed E-state index contributed by atoms with van der Waals surface area (Å²) in [6.45, 7) is 6.49. The van der Waals surface area contributed by atoms with Crippen molar-refractivity contribution in [3.63, 3.8) is 0 Å².